The summed E-state index contributed by atoms with van der Waals surface area (Å²) in [4.78, 5) is 23.1. The van der Waals surface area contributed by atoms with Gasteiger partial charge in [-0.05, 0) is 76.6 Å². The Labute approximate surface area is 199 Å². The number of phenolic OH excluding ortho intramolecular Hbond substituents is 2. The lowest BCUT2D eigenvalue weighted by molar-refractivity contribution is 0.101. The highest BCUT2D eigenvalue weighted by atomic mass is 16.5. The van der Waals surface area contributed by atoms with E-state index in [0.717, 1.165) is 12.0 Å². The third-order valence-electron chi connectivity index (χ3n) is 5.81. The fourth-order valence-electron chi connectivity index (χ4n) is 3.80. The van der Waals surface area contributed by atoms with Crippen molar-refractivity contribution in [2.75, 3.05) is 6.61 Å². The Morgan fingerprint density at radius 1 is 1.15 bits per heavy atom. The molecule has 1 atom stereocenters. The minimum absolute atomic E-state index is 0.00958. The van der Waals surface area contributed by atoms with Crippen LogP contribution < -0.4 is 10.2 Å². The van der Waals surface area contributed by atoms with Crippen LogP contribution in [0.1, 0.15) is 61.4 Å². The molecule has 0 bridgehead atoms. The molecular weight excluding hydrogens is 432 g/mol. The summed E-state index contributed by atoms with van der Waals surface area (Å²) in [7, 11) is 0. The first kappa shape index (κ1) is 25.1. The molecule has 2 N–H and O–H groups in total. The highest BCUT2D eigenvalue weighted by Crippen LogP contribution is 2.38. The number of rotatable bonds is 3. The van der Waals surface area contributed by atoms with Crippen LogP contribution >= 0.6 is 0 Å². The molecule has 2 aromatic carbocycles. The van der Waals surface area contributed by atoms with Gasteiger partial charge in [-0.2, -0.15) is 0 Å². The van der Waals surface area contributed by atoms with Crippen molar-refractivity contribution in [3.63, 3.8) is 0 Å². The highest BCUT2D eigenvalue weighted by Gasteiger charge is 2.21. The number of allylic oxidation sites excluding steroid dienone is 2. The van der Waals surface area contributed by atoms with E-state index < -0.39 is 0 Å². The van der Waals surface area contributed by atoms with Crippen molar-refractivity contribution >= 4 is 16.8 Å². The molecule has 0 saturated carbocycles. The first-order valence-electron chi connectivity index (χ1n) is 11.4. The molecular formula is C28H32O6. The van der Waals surface area contributed by atoms with E-state index in [0.29, 0.717) is 53.6 Å². The summed E-state index contributed by atoms with van der Waals surface area (Å²) < 4.78 is 11.2. The van der Waals surface area contributed by atoms with Crippen LogP contribution in [0.25, 0.3) is 11.0 Å². The van der Waals surface area contributed by atoms with E-state index in [1.54, 1.807) is 31.2 Å². The summed E-state index contributed by atoms with van der Waals surface area (Å²) in [5, 5.41) is 20.2. The molecule has 0 fully saturated rings. The minimum atomic E-state index is -0.212. The first-order chi connectivity index (χ1) is 16.1. The summed E-state index contributed by atoms with van der Waals surface area (Å²) in [6.07, 6.45) is 4.34. The summed E-state index contributed by atoms with van der Waals surface area (Å²) in [5.74, 6) is 1.86. The zero-order chi connectivity index (χ0) is 25.0. The molecule has 0 aliphatic carbocycles. The standard InChI is InChI=1S/C15H16O4.C13H16O2/c1-8-3-4-10-12(18-7-8)6-13-14(15(10)17)11(16)5-9(2)19-13;1-9(2)4-5-12-8-11(10(3)14)6-7-13(12)15/h5-6,8,17H,3-4,7H2,1-2H3;4,6-8,15H,5H2,1-3H3. The molecule has 1 aliphatic rings. The van der Waals surface area contributed by atoms with E-state index in [2.05, 4.69) is 6.92 Å². The fraction of sp³-hybridized carbons (Fsp3) is 0.357. The third kappa shape index (κ3) is 5.87. The number of aryl methyl sites for hydroxylation is 1. The molecule has 34 heavy (non-hydrogen) atoms. The number of Topliss-reactive ketones (excluding diaryl/α,β-unsaturated/α-hetero) is 1. The molecule has 0 saturated heterocycles. The number of carbonyl (C=O) groups excluding carboxylic acids is 1. The van der Waals surface area contributed by atoms with E-state index in [9.17, 15) is 19.8 Å². The fourth-order valence-corrected chi connectivity index (χ4v) is 3.80. The number of hydrogen-bond donors (Lipinski definition) is 2. The Morgan fingerprint density at radius 3 is 2.56 bits per heavy atom. The highest BCUT2D eigenvalue weighted by molar-refractivity contribution is 5.94. The normalized spacial score (nSPS) is 14.8. The van der Waals surface area contributed by atoms with Crippen molar-refractivity contribution in [1.29, 1.82) is 0 Å². The van der Waals surface area contributed by atoms with Gasteiger partial charge in [0.05, 0.1) is 6.61 Å². The number of fused-ring (bicyclic) bond motifs is 2. The topological polar surface area (TPSA) is 97.0 Å². The van der Waals surface area contributed by atoms with Crippen molar-refractivity contribution in [2.45, 2.75) is 53.9 Å². The molecule has 1 unspecified atom stereocenters. The predicted octanol–water partition coefficient (Wildman–Crippen LogP) is 5.87. The van der Waals surface area contributed by atoms with Gasteiger partial charge >= 0.3 is 0 Å². The summed E-state index contributed by atoms with van der Waals surface area (Å²) in [5.41, 5.74) is 3.52. The number of ketones is 1. The van der Waals surface area contributed by atoms with Crippen molar-refractivity contribution in [3.8, 4) is 17.2 Å². The van der Waals surface area contributed by atoms with Gasteiger partial charge in [-0.1, -0.05) is 18.6 Å². The van der Waals surface area contributed by atoms with Crippen LogP contribution in [0, 0.1) is 12.8 Å². The second-order valence-electron chi connectivity index (χ2n) is 9.14. The lowest BCUT2D eigenvalue weighted by Gasteiger charge is -2.11. The van der Waals surface area contributed by atoms with Gasteiger partial charge in [0, 0.05) is 23.3 Å². The van der Waals surface area contributed by atoms with Gasteiger partial charge in [-0.3, -0.25) is 9.59 Å². The van der Waals surface area contributed by atoms with Crippen LogP contribution in [-0.4, -0.2) is 22.6 Å². The van der Waals surface area contributed by atoms with E-state index in [4.69, 9.17) is 9.15 Å². The molecule has 0 radical (unpaired) electrons. The number of ether oxygens (including phenoxy) is 1. The second kappa shape index (κ2) is 10.6. The number of hydrogen-bond acceptors (Lipinski definition) is 6. The molecule has 1 aromatic heterocycles. The van der Waals surface area contributed by atoms with Gasteiger partial charge < -0.3 is 19.4 Å². The Morgan fingerprint density at radius 2 is 1.88 bits per heavy atom. The first-order valence-corrected chi connectivity index (χ1v) is 11.4. The predicted molar refractivity (Wildman–Crippen MR) is 133 cm³/mol. The van der Waals surface area contributed by atoms with E-state index in [1.807, 2.05) is 19.9 Å². The lowest BCUT2D eigenvalue weighted by Crippen LogP contribution is -2.05. The molecule has 1 aliphatic heterocycles. The second-order valence-corrected chi connectivity index (χ2v) is 9.14. The summed E-state index contributed by atoms with van der Waals surface area (Å²) >= 11 is 0. The Kier molecular flexibility index (Phi) is 7.82. The molecule has 0 spiro atoms. The van der Waals surface area contributed by atoms with E-state index in [1.165, 1.54) is 18.6 Å². The molecule has 6 heteroatoms. The van der Waals surface area contributed by atoms with Crippen LogP contribution in [0.3, 0.4) is 0 Å². The lowest BCUT2D eigenvalue weighted by atomic mass is 10.00. The minimum Gasteiger partial charge on any atom is -0.508 e. The molecule has 6 nitrogen and oxygen atoms in total. The summed E-state index contributed by atoms with van der Waals surface area (Å²) in [6, 6.07) is 8.08. The zero-order valence-electron chi connectivity index (χ0n) is 20.4. The largest absolute Gasteiger partial charge is 0.508 e. The maximum Gasteiger partial charge on any atom is 0.196 e. The molecule has 0 amide bonds. The van der Waals surface area contributed by atoms with E-state index >= 15 is 0 Å². The average molecular weight is 465 g/mol. The van der Waals surface area contributed by atoms with Gasteiger partial charge in [-0.25, -0.2) is 0 Å². The summed E-state index contributed by atoms with van der Waals surface area (Å²) in [6.45, 7) is 9.98. The number of benzene rings is 2. The van der Waals surface area contributed by atoms with Crippen LogP contribution in [0.4, 0.5) is 0 Å². The van der Waals surface area contributed by atoms with Crippen LogP contribution in [0.5, 0.6) is 17.2 Å². The van der Waals surface area contributed by atoms with Crippen molar-refractivity contribution in [2.24, 2.45) is 5.92 Å². The number of phenols is 2. The maximum atomic E-state index is 12.0. The van der Waals surface area contributed by atoms with Crippen LogP contribution in [0.15, 0.2) is 51.2 Å². The molecule has 4 rings (SSSR count). The van der Waals surface area contributed by atoms with Crippen molar-refractivity contribution in [3.05, 3.63) is 74.7 Å². The Bertz CT molecular complexity index is 1290. The number of aromatic hydroxyl groups is 2. The Balaban J connectivity index is 0.000000197. The van der Waals surface area contributed by atoms with Gasteiger partial charge in [0.15, 0.2) is 11.2 Å². The molecule has 2 heterocycles. The van der Waals surface area contributed by atoms with Gasteiger partial charge in [0.1, 0.15) is 34.0 Å². The quantitative estimate of drug-likeness (QED) is 0.372. The number of carbonyl (C=O) groups is 1. The molecule has 180 valence electrons. The average Bonchev–Trinajstić information content (AvgIpc) is 2.94. The maximum absolute atomic E-state index is 12.0. The Hall–Kier alpha value is -3.54. The van der Waals surface area contributed by atoms with Gasteiger partial charge in [0.2, 0.25) is 0 Å². The monoisotopic (exact) mass is 464 g/mol. The smallest absolute Gasteiger partial charge is 0.196 e. The zero-order valence-corrected chi connectivity index (χ0v) is 20.4. The van der Waals surface area contributed by atoms with Gasteiger partial charge in [0.25, 0.3) is 0 Å². The third-order valence-corrected chi connectivity index (χ3v) is 5.81. The van der Waals surface area contributed by atoms with Crippen molar-refractivity contribution in [1.82, 2.24) is 0 Å². The van der Waals surface area contributed by atoms with Crippen LogP contribution in [-0.2, 0) is 12.8 Å². The van der Waals surface area contributed by atoms with E-state index in [-0.39, 0.29) is 28.1 Å². The van der Waals surface area contributed by atoms with Gasteiger partial charge in [-0.15, -0.1) is 0 Å². The molecule has 3 aromatic rings. The van der Waals surface area contributed by atoms with Crippen molar-refractivity contribution < 1.29 is 24.2 Å². The SMILES string of the molecule is CC(=O)c1ccc(O)c(CC=C(C)C)c1.Cc1cc(=O)c2c(O)c3c(cc2o1)OCC(C)CC3. The van der Waals surface area contributed by atoms with Crippen LogP contribution in [0.2, 0.25) is 0 Å².